The zero-order valence-corrected chi connectivity index (χ0v) is 27.5. The Labute approximate surface area is 292 Å². The predicted octanol–water partition coefficient (Wildman–Crippen LogP) is 13.3. The van der Waals surface area contributed by atoms with Gasteiger partial charge in [-0.2, -0.15) is 0 Å². The molecule has 236 valence electrons. The summed E-state index contributed by atoms with van der Waals surface area (Å²) in [5.41, 5.74) is 14.0. The van der Waals surface area contributed by atoms with E-state index in [9.17, 15) is 0 Å². The van der Waals surface area contributed by atoms with E-state index in [0.29, 0.717) is 0 Å². The van der Waals surface area contributed by atoms with E-state index in [2.05, 4.69) is 216 Å². The quantitative estimate of drug-likeness (QED) is 0.169. The van der Waals surface area contributed by atoms with Crippen LogP contribution in [0.3, 0.4) is 0 Å². The minimum absolute atomic E-state index is 1.09. The first kappa shape index (κ1) is 29.5. The van der Waals surface area contributed by atoms with Crippen molar-refractivity contribution in [1.82, 2.24) is 4.57 Å². The number of rotatable bonds is 7. The van der Waals surface area contributed by atoms with Gasteiger partial charge in [0.25, 0.3) is 0 Å². The molecule has 0 spiro atoms. The average molecular weight is 639 g/mol. The monoisotopic (exact) mass is 638 g/mol. The normalized spacial score (nSPS) is 11.2. The van der Waals surface area contributed by atoms with Crippen molar-refractivity contribution < 1.29 is 0 Å². The lowest BCUT2D eigenvalue weighted by Gasteiger charge is -2.28. The maximum Gasteiger partial charge on any atom is 0.0541 e. The van der Waals surface area contributed by atoms with Gasteiger partial charge < -0.3 is 9.47 Å². The topological polar surface area (TPSA) is 8.17 Å². The maximum absolute atomic E-state index is 2.40. The molecule has 2 heteroatoms. The molecule has 0 fully saturated rings. The van der Waals surface area contributed by atoms with Gasteiger partial charge in [0.1, 0.15) is 0 Å². The van der Waals surface area contributed by atoms with Crippen LogP contribution in [0.1, 0.15) is 0 Å². The lowest BCUT2D eigenvalue weighted by molar-refractivity contribution is 1.17. The predicted molar refractivity (Wildman–Crippen MR) is 212 cm³/mol. The van der Waals surface area contributed by atoms with Crippen LogP contribution in [0.4, 0.5) is 17.1 Å². The van der Waals surface area contributed by atoms with E-state index < -0.39 is 0 Å². The molecule has 0 N–H and O–H groups in total. The Morgan fingerprint density at radius 3 is 1.42 bits per heavy atom. The van der Waals surface area contributed by atoms with E-state index in [4.69, 9.17) is 0 Å². The van der Waals surface area contributed by atoms with Crippen LogP contribution in [0.25, 0.3) is 60.9 Å². The Morgan fingerprint density at radius 1 is 0.320 bits per heavy atom. The summed E-state index contributed by atoms with van der Waals surface area (Å²) in [7, 11) is 0. The van der Waals surface area contributed by atoms with E-state index in [1.54, 1.807) is 0 Å². The van der Waals surface area contributed by atoms with Crippen LogP contribution < -0.4 is 4.90 Å². The van der Waals surface area contributed by atoms with Crippen molar-refractivity contribution in [3.63, 3.8) is 0 Å². The Hall–Kier alpha value is -6.64. The van der Waals surface area contributed by atoms with E-state index in [1.807, 2.05) is 0 Å². The molecule has 0 aliphatic heterocycles. The zero-order valence-electron chi connectivity index (χ0n) is 27.5. The number of fused-ring (bicyclic) bond motifs is 3. The minimum Gasteiger partial charge on any atom is -0.310 e. The van der Waals surface area contributed by atoms with E-state index >= 15 is 0 Å². The van der Waals surface area contributed by atoms with E-state index in [1.165, 1.54) is 55.2 Å². The van der Waals surface area contributed by atoms with Crippen LogP contribution in [0.5, 0.6) is 0 Å². The lowest BCUT2D eigenvalue weighted by Crippen LogP contribution is -2.11. The maximum atomic E-state index is 2.40. The van der Waals surface area contributed by atoms with Crippen LogP contribution in [0, 0.1) is 0 Å². The molecule has 1 heterocycles. The zero-order chi connectivity index (χ0) is 33.3. The Morgan fingerprint density at radius 2 is 0.800 bits per heavy atom. The van der Waals surface area contributed by atoms with Crippen LogP contribution >= 0.6 is 0 Å². The number of hydrogen-bond donors (Lipinski definition) is 0. The molecular weight excluding hydrogens is 605 g/mol. The molecule has 0 saturated carbocycles. The van der Waals surface area contributed by atoms with Gasteiger partial charge in [-0.25, -0.2) is 0 Å². The molecule has 1 aromatic heterocycles. The first-order valence-corrected chi connectivity index (χ1v) is 17.1. The summed E-state index contributed by atoms with van der Waals surface area (Å²) in [5.74, 6) is 0. The summed E-state index contributed by atoms with van der Waals surface area (Å²) < 4.78 is 2.39. The van der Waals surface area contributed by atoms with Crippen molar-refractivity contribution in [3.8, 4) is 39.1 Å². The fourth-order valence-corrected chi connectivity index (χ4v) is 7.22. The van der Waals surface area contributed by atoms with Gasteiger partial charge in [-0.15, -0.1) is 0 Å². The molecule has 8 aromatic carbocycles. The summed E-state index contributed by atoms with van der Waals surface area (Å²) >= 11 is 0. The SMILES string of the molecule is c1ccc(-c2ccc(-c3ccccc3N(c3ccc(-c4ccccc4)cc3)c3cccc(-n4c5ccccc5c5ccccc54)c3)cc2)cc1. The Bertz CT molecular complexity index is 2510. The Kier molecular flexibility index (Phi) is 7.53. The highest BCUT2D eigenvalue weighted by Gasteiger charge is 2.19. The number of aromatic nitrogens is 1. The number of benzene rings is 8. The molecule has 0 unspecified atom stereocenters. The number of nitrogens with zero attached hydrogens (tertiary/aromatic N) is 2. The first-order chi connectivity index (χ1) is 24.8. The van der Waals surface area contributed by atoms with Gasteiger partial charge in [0.2, 0.25) is 0 Å². The molecule has 0 saturated heterocycles. The van der Waals surface area contributed by atoms with Crippen molar-refractivity contribution in [1.29, 1.82) is 0 Å². The summed E-state index contributed by atoms with van der Waals surface area (Å²) in [5, 5.41) is 2.51. The summed E-state index contributed by atoms with van der Waals surface area (Å²) in [6.07, 6.45) is 0. The third-order valence-corrected chi connectivity index (χ3v) is 9.61. The summed E-state index contributed by atoms with van der Waals surface area (Å²) in [4.78, 5) is 2.40. The van der Waals surface area contributed by atoms with Gasteiger partial charge in [-0.1, -0.05) is 158 Å². The first-order valence-electron chi connectivity index (χ1n) is 17.1. The number of anilines is 3. The third kappa shape index (κ3) is 5.34. The summed E-state index contributed by atoms with van der Waals surface area (Å²) in [6.45, 7) is 0. The molecule has 50 heavy (non-hydrogen) atoms. The molecule has 0 bridgehead atoms. The van der Waals surface area contributed by atoms with Crippen molar-refractivity contribution >= 4 is 38.9 Å². The van der Waals surface area contributed by atoms with Crippen LogP contribution in [-0.2, 0) is 0 Å². The summed E-state index contributed by atoms with van der Waals surface area (Å²) in [6, 6.07) is 74.1. The van der Waals surface area contributed by atoms with Gasteiger partial charge in [0, 0.05) is 33.4 Å². The number of hydrogen-bond acceptors (Lipinski definition) is 1. The third-order valence-electron chi connectivity index (χ3n) is 9.61. The molecule has 9 rings (SSSR count). The van der Waals surface area contributed by atoms with Gasteiger partial charge >= 0.3 is 0 Å². The van der Waals surface area contributed by atoms with Gasteiger partial charge in [0.05, 0.1) is 16.7 Å². The second kappa shape index (κ2) is 12.8. The highest BCUT2D eigenvalue weighted by atomic mass is 15.1. The van der Waals surface area contributed by atoms with Gasteiger partial charge in [-0.3, -0.25) is 0 Å². The van der Waals surface area contributed by atoms with Crippen LogP contribution in [0.2, 0.25) is 0 Å². The van der Waals surface area contributed by atoms with Crippen molar-refractivity contribution in [2.45, 2.75) is 0 Å². The molecule has 0 radical (unpaired) electrons. The molecule has 0 amide bonds. The molecule has 2 nitrogen and oxygen atoms in total. The molecule has 9 aromatic rings. The second-order valence-electron chi connectivity index (χ2n) is 12.6. The van der Waals surface area contributed by atoms with Gasteiger partial charge in [-0.05, 0) is 76.3 Å². The average Bonchev–Trinajstić information content (AvgIpc) is 3.54. The highest BCUT2D eigenvalue weighted by molar-refractivity contribution is 6.09. The van der Waals surface area contributed by atoms with Gasteiger partial charge in [0.15, 0.2) is 0 Å². The molecule has 0 atom stereocenters. The fraction of sp³-hybridized carbons (Fsp3) is 0. The molecule has 0 aliphatic carbocycles. The van der Waals surface area contributed by atoms with Crippen LogP contribution in [-0.4, -0.2) is 4.57 Å². The standard InChI is InChI=1S/C48H34N2/c1-3-14-35(15-4-1)37-26-28-39(29-27-37)43-20-7-10-23-46(43)49(40-32-30-38(31-33-40)36-16-5-2-6-17-36)41-18-13-19-42(34-41)50-47-24-11-8-21-44(47)45-22-9-12-25-48(45)50/h1-34H. The van der Waals surface area contributed by atoms with E-state index in [0.717, 1.165) is 22.7 Å². The fourth-order valence-electron chi connectivity index (χ4n) is 7.22. The van der Waals surface area contributed by atoms with Crippen molar-refractivity contribution in [3.05, 3.63) is 206 Å². The smallest absolute Gasteiger partial charge is 0.0541 e. The molecular formula is C48H34N2. The molecule has 0 aliphatic rings. The van der Waals surface area contributed by atoms with Crippen LogP contribution in [0.15, 0.2) is 206 Å². The lowest BCUT2D eigenvalue weighted by atomic mass is 9.98. The van der Waals surface area contributed by atoms with Crippen molar-refractivity contribution in [2.75, 3.05) is 4.90 Å². The second-order valence-corrected chi connectivity index (χ2v) is 12.6. The van der Waals surface area contributed by atoms with Crippen molar-refractivity contribution in [2.24, 2.45) is 0 Å². The largest absolute Gasteiger partial charge is 0.310 e. The minimum atomic E-state index is 1.09. The number of para-hydroxylation sites is 3. The highest BCUT2D eigenvalue weighted by Crippen LogP contribution is 2.43. The Balaban J connectivity index is 1.21. The van der Waals surface area contributed by atoms with E-state index in [-0.39, 0.29) is 0 Å².